The Kier molecular flexibility index (Phi) is 5.29. The third-order valence-electron chi connectivity index (χ3n) is 4.12. The number of Topliss-reactive ketones (excluding diaryl/α,β-unsaturated/α-hetero) is 1. The van der Waals surface area contributed by atoms with Gasteiger partial charge in [-0.25, -0.2) is 8.78 Å². The lowest BCUT2D eigenvalue weighted by atomic mass is 10.2. The van der Waals surface area contributed by atoms with E-state index < -0.39 is 17.2 Å². The quantitative estimate of drug-likeness (QED) is 0.322. The number of thioether (sulfide) groups is 1. The molecular formula is C19H11BrF2N4O2S. The minimum Gasteiger partial charge on any atom is -0.293 e. The molecule has 0 saturated heterocycles. The molecule has 2 heterocycles. The Morgan fingerprint density at radius 3 is 2.52 bits per heavy atom. The van der Waals surface area contributed by atoms with Gasteiger partial charge in [0, 0.05) is 28.5 Å². The number of hydrogen-bond acceptors (Lipinski definition) is 5. The van der Waals surface area contributed by atoms with E-state index in [0.717, 1.165) is 32.9 Å². The van der Waals surface area contributed by atoms with E-state index >= 15 is 0 Å². The molecule has 4 aromatic rings. The number of halogens is 3. The Morgan fingerprint density at radius 1 is 1.03 bits per heavy atom. The van der Waals surface area contributed by atoms with E-state index in [0.29, 0.717) is 10.7 Å². The molecule has 0 N–H and O–H groups in total. The van der Waals surface area contributed by atoms with Gasteiger partial charge in [0.2, 0.25) is 5.65 Å². The topological polar surface area (TPSA) is 69.3 Å². The van der Waals surface area contributed by atoms with Gasteiger partial charge in [0.1, 0.15) is 0 Å². The highest BCUT2D eigenvalue weighted by Crippen LogP contribution is 2.19. The van der Waals surface area contributed by atoms with E-state index in [2.05, 4.69) is 26.1 Å². The van der Waals surface area contributed by atoms with Crippen molar-refractivity contribution in [3.63, 3.8) is 0 Å². The monoisotopic (exact) mass is 476 g/mol. The first-order chi connectivity index (χ1) is 13.9. The number of ketones is 1. The maximum Gasteiger partial charge on any atom is 0.300 e. The summed E-state index contributed by atoms with van der Waals surface area (Å²) in [4.78, 5) is 25.0. The van der Waals surface area contributed by atoms with Gasteiger partial charge in [-0.15, -0.1) is 10.2 Å². The Bertz CT molecular complexity index is 1290. The second kappa shape index (κ2) is 7.88. The second-order valence-corrected chi connectivity index (χ2v) is 7.82. The summed E-state index contributed by atoms with van der Waals surface area (Å²) in [6.45, 7) is 0. The standard InChI is InChI=1S/C19H11BrF2N4O2S/c20-12-3-1-11(2-4-12)16(27)10-29-19-24-23-17-18(28)25(7-8-26(17)19)13-5-6-14(21)15(22)9-13/h1-9H,10H2. The molecule has 0 spiro atoms. The molecule has 0 amide bonds. The summed E-state index contributed by atoms with van der Waals surface area (Å²) < 4.78 is 30.1. The average molecular weight is 477 g/mol. The third kappa shape index (κ3) is 3.85. The van der Waals surface area contributed by atoms with Crippen molar-refractivity contribution in [2.24, 2.45) is 0 Å². The number of nitrogens with zero attached hydrogens (tertiary/aromatic N) is 4. The zero-order valence-electron chi connectivity index (χ0n) is 14.6. The molecule has 0 unspecified atom stereocenters. The van der Waals surface area contributed by atoms with Crippen LogP contribution < -0.4 is 5.56 Å². The summed E-state index contributed by atoms with van der Waals surface area (Å²) in [7, 11) is 0. The van der Waals surface area contributed by atoms with Crippen molar-refractivity contribution < 1.29 is 13.6 Å². The lowest BCUT2D eigenvalue weighted by Crippen LogP contribution is -2.20. The normalized spacial score (nSPS) is 11.1. The van der Waals surface area contributed by atoms with Crippen LogP contribution in [0.4, 0.5) is 8.78 Å². The van der Waals surface area contributed by atoms with E-state index in [1.54, 1.807) is 24.3 Å². The maximum atomic E-state index is 13.5. The molecule has 29 heavy (non-hydrogen) atoms. The fourth-order valence-corrected chi connectivity index (χ4v) is 3.73. The van der Waals surface area contributed by atoms with Gasteiger partial charge in [0.05, 0.1) is 11.4 Å². The summed E-state index contributed by atoms with van der Waals surface area (Å²) in [5, 5.41) is 8.23. The lowest BCUT2D eigenvalue weighted by Gasteiger charge is -2.07. The third-order valence-corrected chi connectivity index (χ3v) is 5.59. The van der Waals surface area contributed by atoms with E-state index in [9.17, 15) is 18.4 Å². The zero-order valence-corrected chi connectivity index (χ0v) is 17.0. The number of aromatic nitrogens is 4. The fourth-order valence-electron chi connectivity index (χ4n) is 2.65. The number of fused-ring (bicyclic) bond motifs is 1. The molecule has 0 aliphatic carbocycles. The molecule has 146 valence electrons. The number of hydrogen-bond donors (Lipinski definition) is 0. The van der Waals surface area contributed by atoms with Crippen molar-refractivity contribution in [3.8, 4) is 5.69 Å². The van der Waals surface area contributed by atoms with Crippen LogP contribution in [0.5, 0.6) is 0 Å². The van der Waals surface area contributed by atoms with Gasteiger partial charge in [-0.1, -0.05) is 39.8 Å². The summed E-state index contributed by atoms with van der Waals surface area (Å²) >= 11 is 4.47. The summed E-state index contributed by atoms with van der Waals surface area (Å²) in [5.41, 5.74) is 0.196. The minimum absolute atomic E-state index is 0.0100. The van der Waals surface area contributed by atoms with Crippen LogP contribution in [0.3, 0.4) is 0 Å². The Balaban J connectivity index is 1.60. The molecule has 0 fully saturated rings. The molecule has 0 aliphatic rings. The zero-order chi connectivity index (χ0) is 20.5. The minimum atomic E-state index is -1.06. The van der Waals surface area contributed by atoms with Crippen molar-refractivity contribution in [2.75, 3.05) is 5.75 Å². The molecule has 2 aromatic carbocycles. The fraction of sp³-hybridized carbons (Fsp3) is 0.0526. The molecule has 10 heteroatoms. The van der Waals surface area contributed by atoms with Crippen molar-refractivity contribution in [1.82, 2.24) is 19.2 Å². The van der Waals surface area contributed by atoms with Crippen LogP contribution in [0.2, 0.25) is 0 Å². The first-order valence-electron chi connectivity index (χ1n) is 8.27. The van der Waals surface area contributed by atoms with E-state index in [4.69, 9.17) is 0 Å². The van der Waals surface area contributed by atoms with Crippen LogP contribution in [-0.2, 0) is 0 Å². The SMILES string of the molecule is O=C(CSc1nnc2c(=O)n(-c3ccc(F)c(F)c3)ccn12)c1ccc(Br)cc1. The van der Waals surface area contributed by atoms with Gasteiger partial charge in [0.25, 0.3) is 0 Å². The molecule has 0 radical (unpaired) electrons. The first kappa shape index (κ1) is 19.5. The Hall–Kier alpha value is -2.85. The highest BCUT2D eigenvalue weighted by atomic mass is 79.9. The van der Waals surface area contributed by atoms with Crippen molar-refractivity contribution in [2.45, 2.75) is 5.16 Å². The van der Waals surface area contributed by atoms with Crippen LogP contribution in [0.1, 0.15) is 10.4 Å². The molecule has 6 nitrogen and oxygen atoms in total. The first-order valence-corrected chi connectivity index (χ1v) is 10.1. The summed E-state index contributed by atoms with van der Waals surface area (Å²) in [6.07, 6.45) is 2.94. The number of carbonyl (C=O) groups is 1. The predicted octanol–water partition coefficient (Wildman–Crippen LogP) is 3.90. The van der Waals surface area contributed by atoms with Crippen LogP contribution >= 0.6 is 27.7 Å². The Labute approximate surface area is 175 Å². The highest BCUT2D eigenvalue weighted by Gasteiger charge is 2.15. The number of carbonyl (C=O) groups excluding carboxylic acids is 1. The summed E-state index contributed by atoms with van der Waals surface area (Å²) in [5.74, 6) is -2.03. The molecule has 2 aromatic heterocycles. The van der Waals surface area contributed by atoms with Gasteiger partial charge in [-0.05, 0) is 24.3 Å². The van der Waals surface area contributed by atoms with Gasteiger partial charge in [-0.3, -0.25) is 18.6 Å². The van der Waals surface area contributed by atoms with Crippen molar-refractivity contribution in [1.29, 1.82) is 0 Å². The van der Waals surface area contributed by atoms with Crippen molar-refractivity contribution in [3.05, 3.63) is 86.9 Å². The van der Waals surface area contributed by atoms with E-state index in [-0.39, 0.29) is 22.9 Å². The van der Waals surface area contributed by atoms with E-state index in [1.807, 2.05) is 0 Å². The molecular weight excluding hydrogens is 466 g/mol. The molecule has 0 aliphatic heterocycles. The van der Waals surface area contributed by atoms with Crippen LogP contribution in [0, 0.1) is 11.6 Å². The lowest BCUT2D eigenvalue weighted by molar-refractivity contribution is 0.102. The second-order valence-electron chi connectivity index (χ2n) is 5.97. The van der Waals surface area contributed by atoms with Crippen LogP contribution in [0.15, 0.2) is 69.3 Å². The number of rotatable bonds is 5. The van der Waals surface area contributed by atoms with Gasteiger partial charge >= 0.3 is 5.56 Å². The molecule has 4 rings (SSSR count). The maximum absolute atomic E-state index is 13.5. The molecule has 0 bridgehead atoms. The van der Waals surface area contributed by atoms with E-state index in [1.165, 1.54) is 22.9 Å². The smallest absolute Gasteiger partial charge is 0.293 e. The van der Waals surface area contributed by atoms with Crippen molar-refractivity contribution >= 4 is 39.1 Å². The largest absolute Gasteiger partial charge is 0.300 e. The van der Waals surface area contributed by atoms with Gasteiger partial charge < -0.3 is 0 Å². The average Bonchev–Trinajstić information content (AvgIpc) is 3.13. The molecule has 0 atom stereocenters. The van der Waals surface area contributed by atoms with Crippen LogP contribution in [-0.4, -0.2) is 30.7 Å². The summed E-state index contributed by atoms with van der Waals surface area (Å²) in [6, 6.07) is 10.2. The van der Waals surface area contributed by atoms with Gasteiger partial charge in [-0.2, -0.15) is 0 Å². The van der Waals surface area contributed by atoms with Crippen LogP contribution in [0.25, 0.3) is 11.3 Å². The molecule has 0 saturated carbocycles. The highest BCUT2D eigenvalue weighted by molar-refractivity contribution is 9.10. The Morgan fingerprint density at radius 2 is 1.79 bits per heavy atom. The number of benzene rings is 2. The predicted molar refractivity (Wildman–Crippen MR) is 108 cm³/mol. The van der Waals surface area contributed by atoms with Gasteiger partial charge in [0.15, 0.2) is 22.6 Å².